The van der Waals surface area contributed by atoms with Crippen LogP contribution < -0.4 is 10.2 Å². The first-order chi connectivity index (χ1) is 10.1. The lowest BCUT2D eigenvalue weighted by molar-refractivity contribution is -0.122. The zero-order valence-electron chi connectivity index (χ0n) is 12.7. The Kier molecular flexibility index (Phi) is 7.42. The monoisotopic (exact) mass is 294 g/mol. The Morgan fingerprint density at radius 2 is 1.90 bits per heavy atom. The first-order valence-electron chi connectivity index (χ1n) is 6.80. The minimum absolute atomic E-state index is 0.00843. The van der Waals surface area contributed by atoms with Crippen LogP contribution in [-0.4, -0.2) is 45.8 Å². The Morgan fingerprint density at radius 1 is 1.19 bits per heavy atom. The third-order valence-corrected chi connectivity index (χ3v) is 2.73. The Hall–Kier alpha value is -1.92. The number of carbonyl (C=O) groups is 2. The molecular weight excluding hydrogens is 272 g/mol. The molecule has 0 heterocycles. The van der Waals surface area contributed by atoms with E-state index in [2.05, 4.69) is 5.32 Å². The van der Waals surface area contributed by atoms with E-state index in [1.807, 2.05) is 13.0 Å². The van der Waals surface area contributed by atoms with Crippen LogP contribution in [-0.2, 0) is 19.1 Å². The van der Waals surface area contributed by atoms with Gasteiger partial charge in [0.15, 0.2) is 0 Å². The van der Waals surface area contributed by atoms with E-state index in [1.54, 1.807) is 23.1 Å². The molecule has 21 heavy (non-hydrogen) atoms. The van der Waals surface area contributed by atoms with Crippen LogP contribution in [0.15, 0.2) is 24.3 Å². The van der Waals surface area contributed by atoms with Crippen molar-refractivity contribution in [1.29, 1.82) is 0 Å². The number of amides is 2. The highest BCUT2D eigenvalue weighted by atomic mass is 16.5. The molecule has 0 atom stereocenters. The van der Waals surface area contributed by atoms with Crippen molar-refractivity contribution in [2.24, 2.45) is 0 Å². The lowest BCUT2D eigenvalue weighted by Crippen LogP contribution is -2.34. The van der Waals surface area contributed by atoms with Gasteiger partial charge in [0.05, 0.1) is 0 Å². The normalized spacial score (nSPS) is 10.2. The van der Waals surface area contributed by atoms with Gasteiger partial charge in [0.1, 0.15) is 13.2 Å². The molecule has 6 nitrogen and oxygen atoms in total. The number of hydrogen-bond acceptors (Lipinski definition) is 4. The molecule has 0 radical (unpaired) electrons. The van der Waals surface area contributed by atoms with E-state index in [0.717, 1.165) is 12.1 Å². The summed E-state index contributed by atoms with van der Waals surface area (Å²) in [5.41, 5.74) is 1.36. The average molecular weight is 294 g/mol. The van der Waals surface area contributed by atoms with Gasteiger partial charge < -0.3 is 19.7 Å². The summed E-state index contributed by atoms with van der Waals surface area (Å²) in [6.07, 6.45) is 0.829. The second-order valence-corrected chi connectivity index (χ2v) is 4.51. The molecule has 0 fully saturated rings. The molecule has 0 saturated heterocycles. The molecular formula is C15H22N2O4. The van der Waals surface area contributed by atoms with E-state index < -0.39 is 0 Å². The second kappa shape index (κ2) is 9.10. The van der Waals surface area contributed by atoms with E-state index in [4.69, 9.17) is 9.47 Å². The van der Waals surface area contributed by atoms with Crippen molar-refractivity contribution in [2.75, 3.05) is 44.2 Å². The highest BCUT2D eigenvalue weighted by Crippen LogP contribution is 2.20. The Balaban J connectivity index is 2.88. The summed E-state index contributed by atoms with van der Waals surface area (Å²) in [6.45, 7) is 2.61. The van der Waals surface area contributed by atoms with Gasteiger partial charge in [-0.25, -0.2) is 0 Å². The fourth-order valence-electron chi connectivity index (χ4n) is 1.90. The van der Waals surface area contributed by atoms with Crippen molar-refractivity contribution >= 4 is 23.2 Å². The van der Waals surface area contributed by atoms with Gasteiger partial charge in [-0.05, 0) is 24.6 Å². The van der Waals surface area contributed by atoms with Gasteiger partial charge >= 0.3 is 0 Å². The van der Waals surface area contributed by atoms with Crippen molar-refractivity contribution in [2.45, 2.75) is 13.3 Å². The number of anilines is 2. The average Bonchev–Trinajstić information content (AvgIpc) is 2.45. The van der Waals surface area contributed by atoms with Gasteiger partial charge in [-0.2, -0.15) is 0 Å². The molecule has 1 aromatic rings. The van der Waals surface area contributed by atoms with Crippen LogP contribution in [0.1, 0.15) is 13.3 Å². The van der Waals surface area contributed by atoms with Crippen LogP contribution in [0.4, 0.5) is 11.4 Å². The molecule has 0 bridgehead atoms. The quantitative estimate of drug-likeness (QED) is 0.792. The van der Waals surface area contributed by atoms with Crippen LogP contribution in [0.2, 0.25) is 0 Å². The van der Waals surface area contributed by atoms with Gasteiger partial charge in [0, 0.05) is 32.1 Å². The Morgan fingerprint density at radius 3 is 2.52 bits per heavy atom. The number of ether oxygens (including phenoxy) is 2. The van der Waals surface area contributed by atoms with Crippen molar-refractivity contribution in [3.8, 4) is 0 Å². The van der Waals surface area contributed by atoms with Gasteiger partial charge in [0.25, 0.3) is 5.91 Å². The summed E-state index contributed by atoms with van der Waals surface area (Å²) in [6, 6.07) is 7.15. The number of nitrogens with one attached hydrogen (secondary N) is 1. The number of hydrogen-bond donors (Lipinski definition) is 1. The van der Waals surface area contributed by atoms with E-state index in [9.17, 15) is 9.59 Å². The lowest BCUT2D eigenvalue weighted by Gasteiger charge is -2.22. The third kappa shape index (κ3) is 5.53. The SMILES string of the molecule is CCCN(C(=O)COC)c1cccc(NC(=O)COC)c1. The number of nitrogens with zero attached hydrogens (tertiary/aromatic N) is 1. The molecule has 0 aromatic heterocycles. The summed E-state index contributed by atoms with van der Waals surface area (Å²) in [5.74, 6) is -0.348. The molecule has 2 amide bonds. The van der Waals surface area contributed by atoms with Crippen molar-refractivity contribution in [3.63, 3.8) is 0 Å². The molecule has 0 saturated carbocycles. The molecule has 1 N–H and O–H groups in total. The predicted octanol–water partition coefficient (Wildman–Crippen LogP) is 1.66. The summed E-state index contributed by atoms with van der Waals surface area (Å²) < 4.78 is 9.67. The van der Waals surface area contributed by atoms with Gasteiger partial charge in [-0.15, -0.1) is 0 Å². The van der Waals surface area contributed by atoms with E-state index in [1.165, 1.54) is 14.2 Å². The topological polar surface area (TPSA) is 67.9 Å². The van der Waals surface area contributed by atoms with Crippen LogP contribution in [0.5, 0.6) is 0 Å². The molecule has 116 valence electrons. The van der Waals surface area contributed by atoms with E-state index >= 15 is 0 Å². The number of methoxy groups -OCH3 is 2. The van der Waals surface area contributed by atoms with Crippen molar-refractivity contribution < 1.29 is 19.1 Å². The van der Waals surface area contributed by atoms with Crippen LogP contribution in [0.25, 0.3) is 0 Å². The predicted molar refractivity (Wildman–Crippen MR) is 81.5 cm³/mol. The highest BCUT2D eigenvalue weighted by Gasteiger charge is 2.15. The van der Waals surface area contributed by atoms with Gasteiger partial charge in [0.2, 0.25) is 5.91 Å². The van der Waals surface area contributed by atoms with Crippen molar-refractivity contribution in [3.05, 3.63) is 24.3 Å². The zero-order valence-corrected chi connectivity index (χ0v) is 12.7. The smallest absolute Gasteiger partial charge is 0.252 e. The Labute approximate surface area is 125 Å². The van der Waals surface area contributed by atoms with E-state index in [0.29, 0.717) is 12.2 Å². The summed E-state index contributed by atoms with van der Waals surface area (Å²) in [5, 5.41) is 2.72. The third-order valence-electron chi connectivity index (χ3n) is 2.73. The fraction of sp³-hybridized carbons (Fsp3) is 0.467. The molecule has 0 aliphatic carbocycles. The number of carbonyl (C=O) groups excluding carboxylic acids is 2. The first kappa shape index (κ1) is 17.1. The first-order valence-corrected chi connectivity index (χ1v) is 6.80. The minimum Gasteiger partial charge on any atom is -0.375 e. The molecule has 6 heteroatoms. The van der Waals surface area contributed by atoms with Gasteiger partial charge in [-0.1, -0.05) is 13.0 Å². The molecule has 0 unspecified atom stereocenters. The molecule has 0 aliphatic rings. The number of benzene rings is 1. The molecule has 0 spiro atoms. The number of rotatable bonds is 8. The minimum atomic E-state index is -0.236. The maximum absolute atomic E-state index is 12.1. The molecule has 0 aliphatic heterocycles. The maximum Gasteiger partial charge on any atom is 0.252 e. The summed E-state index contributed by atoms with van der Waals surface area (Å²) in [7, 11) is 2.95. The maximum atomic E-state index is 12.1. The fourth-order valence-corrected chi connectivity index (χ4v) is 1.90. The summed E-state index contributed by atoms with van der Waals surface area (Å²) >= 11 is 0. The molecule has 1 rings (SSSR count). The largest absolute Gasteiger partial charge is 0.375 e. The second-order valence-electron chi connectivity index (χ2n) is 4.51. The van der Waals surface area contributed by atoms with Crippen LogP contribution >= 0.6 is 0 Å². The van der Waals surface area contributed by atoms with E-state index in [-0.39, 0.29) is 25.0 Å². The standard InChI is InChI=1S/C15H22N2O4/c1-4-8-17(15(19)11-21-3)13-7-5-6-12(9-13)16-14(18)10-20-2/h5-7,9H,4,8,10-11H2,1-3H3,(H,16,18). The summed E-state index contributed by atoms with van der Waals surface area (Å²) in [4.78, 5) is 25.2. The zero-order chi connectivity index (χ0) is 15.7. The lowest BCUT2D eigenvalue weighted by atomic mass is 10.2. The van der Waals surface area contributed by atoms with Crippen LogP contribution in [0, 0.1) is 0 Å². The highest BCUT2D eigenvalue weighted by molar-refractivity contribution is 5.96. The van der Waals surface area contributed by atoms with Crippen molar-refractivity contribution in [1.82, 2.24) is 0 Å². The Bertz CT molecular complexity index is 476. The molecule has 1 aromatic carbocycles. The van der Waals surface area contributed by atoms with Gasteiger partial charge in [-0.3, -0.25) is 9.59 Å². The van der Waals surface area contributed by atoms with Crippen LogP contribution in [0.3, 0.4) is 0 Å².